The smallest absolute Gasteiger partial charge is 0.422 e. The zero-order chi connectivity index (χ0) is 29.9. The van der Waals surface area contributed by atoms with E-state index < -0.39 is 18.9 Å². The molecule has 0 saturated heterocycles. The number of hydrogen-bond donors (Lipinski definition) is 3. The molecule has 0 unspecified atom stereocenters. The van der Waals surface area contributed by atoms with Gasteiger partial charge in [-0.3, -0.25) is 4.68 Å². The van der Waals surface area contributed by atoms with E-state index in [-0.39, 0.29) is 35.7 Å². The average Bonchev–Trinajstić information content (AvgIpc) is 3.56. The van der Waals surface area contributed by atoms with Crippen LogP contribution in [0.2, 0.25) is 5.02 Å². The fourth-order valence-corrected chi connectivity index (χ4v) is 4.38. The van der Waals surface area contributed by atoms with Gasteiger partial charge in [-0.05, 0) is 47.9 Å². The third kappa shape index (κ3) is 7.34. The molecule has 222 valence electrons. The molecule has 0 aliphatic heterocycles. The normalized spacial score (nSPS) is 17.3. The second-order valence-corrected chi connectivity index (χ2v) is 9.94. The van der Waals surface area contributed by atoms with Gasteiger partial charge >= 0.3 is 12.3 Å². The van der Waals surface area contributed by atoms with Crippen molar-refractivity contribution in [2.45, 2.75) is 50.7 Å². The largest absolute Gasteiger partial charge is 0.487 e. The maximum absolute atomic E-state index is 12.8. The highest BCUT2D eigenvalue weighted by Crippen LogP contribution is 2.36. The molecule has 0 bridgehead atoms. The molecule has 4 aromatic rings. The van der Waals surface area contributed by atoms with Crippen LogP contribution in [-0.2, 0) is 6.54 Å². The number of carbonyl (C=O) groups is 1. The lowest BCUT2D eigenvalue weighted by Crippen LogP contribution is -2.44. The molecule has 1 aliphatic rings. The van der Waals surface area contributed by atoms with Crippen LogP contribution >= 0.6 is 11.6 Å². The number of alkyl halides is 3. The van der Waals surface area contributed by atoms with Crippen LogP contribution < -0.4 is 20.1 Å². The summed E-state index contributed by atoms with van der Waals surface area (Å²) in [5.74, 6) is 0.243. The van der Waals surface area contributed by atoms with Crippen LogP contribution in [0.1, 0.15) is 25.8 Å². The highest BCUT2D eigenvalue weighted by atomic mass is 35.5. The molecule has 3 aromatic heterocycles. The highest BCUT2D eigenvalue weighted by molar-refractivity contribution is 6.32. The first-order valence-electron chi connectivity index (χ1n) is 12.6. The summed E-state index contributed by atoms with van der Waals surface area (Å²) >= 11 is 6.33. The third-order valence-corrected chi connectivity index (χ3v) is 6.52. The number of carboxylic acid groups (broad SMARTS) is 1. The number of nitrogens with zero attached hydrogens (tertiary/aromatic N) is 8. The zero-order valence-corrected chi connectivity index (χ0v) is 22.6. The monoisotopic (exact) mass is 608 g/mol. The molecule has 1 atom stereocenters. The van der Waals surface area contributed by atoms with Crippen molar-refractivity contribution in [1.29, 1.82) is 0 Å². The number of halogens is 4. The second kappa shape index (κ2) is 12.1. The average molecular weight is 609 g/mol. The number of tetrazole rings is 1. The zero-order valence-electron chi connectivity index (χ0n) is 21.9. The molecule has 3 N–H and O–H groups in total. The second-order valence-electron chi connectivity index (χ2n) is 9.53. The summed E-state index contributed by atoms with van der Waals surface area (Å²) in [4.78, 5) is 19.4. The van der Waals surface area contributed by atoms with Crippen molar-refractivity contribution in [1.82, 2.24) is 45.3 Å². The van der Waals surface area contributed by atoms with Crippen LogP contribution in [0.15, 0.2) is 43.1 Å². The van der Waals surface area contributed by atoms with Gasteiger partial charge in [0.05, 0.1) is 23.8 Å². The number of rotatable bonds is 11. The Morgan fingerprint density at radius 2 is 2.00 bits per heavy atom. The molecule has 1 saturated carbocycles. The van der Waals surface area contributed by atoms with Crippen molar-refractivity contribution in [3.63, 3.8) is 0 Å². The van der Waals surface area contributed by atoms with Gasteiger partial charge < -0.3 is 25.2 Å². The van der Waals surface area contributed by atoms with Crippen molar-refractivity contribution in [3.05, 3.63) is 48.1 Å². The molecular weight excluding hydrogens is 585 g/mol. The molecule has 14 nitrogen and oxygen atoms in total. The van der Waals surface area contributed by atoms with Crippen LogP contribution in [0.4, 0.5) is 29.6 Å². The highest BCUT2D eigenvalue weighted by Gasteiger charge is 2.34. The van der Waals surface area contributed by atoms with Gasteiger partial charge in [-0.1, -0.05) is 17.7 Å². The minimum atomic E-state index is -4.57. The molecule has 0 radical (unpaired) electrons. The first-order chi connectivity index (χ1) is 20.0. The van der Waals surface area contributed by atoms with E-state index >= 15 is 0 Å². The van der Waals surface area contributed by atoms with Crippen molar-refractivity contribution in [2.24, 2.45) is 0 Å². The Labute approximate surface area is 240 Å². The molecule has 1 aromatic carbocycles. The van der Waals surface area contributed by atoms with E-state index in [1.54, 1.807) is 18.2 Å². The Hall–Kier alpha value is -4.67. The van der Waals surface area contributed by atoms with Gasteiger partial charge in [0.2, 0.25) is 5.95 Å². The summed E-state index contributed by atoms with van der Waals surface area (Å²) < 4.78 is 52.4. The summed E-state index contributed by atoms with van der Waals surface area (Å²) in [5.41, 5.74) is 1.47. The molecule has 1 amide bonds. The predicted octanol–water partition coefficient (Wildman–Crippen LogP) is 4.10. The van der Waals surface area contributed by atoms with E-state index in [9.17, 15) is 18.0 Å². The number of aromatic nitrogens is 8. The van der Waals surface area contributed by atoms with E-state index in [4.69, 9.17) is 26.2 Å². The van der Waals surface area contributed by atoms with E-state index in [0.717, 1.165) is 0 Å². The molecule has 42 heavy (non-hydrogen) atoms. The summed E-state index contributed by atoms with van der Waals surface area (Å²) in [6, 6.07) is 4.70. The number of nitrogens with one attached hydrogen (secondary N) is 2. The Kier molecular flexibility index (Phi) is 8.28. The number of ether oxygens (including phenoxy) is 2. The maximum Gasteiger partial charge on any atom is 0.422 e. The lowest BCUT2D eigenvalue weighted by molar-refractivity contribution is -0.154. The van der Waals surface area contributed by atoms with Gasteiger partial charge in [0, 0.05) is 24.0 Å². The van der Waals surface area contributed by atoms with Crippen molar-refractivity contribution >= 4 is 29.3 Å². The third-order valence-electron chi connectivity index (χ3n) is 6.21. The molecule has 5 rings (SSSR count). The predicted molar refractivity (Wildman–Crippen MR) is 141 cm³/mol. The van der Waals surface area contributed by atoms with E-state index in [2.05, 4.69) is 41.2 Å². The van der Waals surface area contributed by atoms with Gasteiger partial charge in [0.25, 0.3) is 5.88 Å². The van der Waals surface area contributed by atoms with Gasteiger partial charge in [-0.15, -0.1) is 10.2 Å². The maximum atomic E-state index is 12.8. The summed E-state index contributed by atoms with van der Waals surface area (Å²) in [6.07, 6.45) is 0.864. The van der Waals surface area contributed by atoms with Gasteiger partial charge in [0.15, 0.2) is 6.61 Å². The first-order valence-corrected chi connectivity index (χ1v) is 12.9. The van der Waals surface area contributed by atoms with Crippen molar-refractivity contribution in [3.8, 4) is 22.8 Å². The lowest BCUT2D eigenvalue weighted by atomic mass is 9.87. The number of hydrogen-bond acceptors (Lipinski definition) is 10. The van der Waals surface area contributed by atoms with E-state index in [1.807, 2.05) is 6.92 Å². The van der Waals surface area contributed by atoms with Crippen molar-refractivity contribution < 1.29 is 32.5 Å². The molecule has 1 fully saturated rings. The quantitative estimate of drug-likeness (QED) is 0.224. The summed E-state index contributed by atoms with van der Waals surface area (Å²) in [6.45, 7) is 0.712. The minimum Gasteiger partial charge on any atom is -0.487 e. The fourth-order valence-electron chi connectivity index (χ4n) is 4.22. The number of anilines is 2. The Bertz CT molecular complexity index is 1510. The fraction of sp³-hybridized carbons (Fsp3) is 0.375. The van der Waals surface area contributed by atoms with Crippen molar-refractivity contribution in [2.75, 3.05) is 11.9 Å². The first kappa shape index (κ1) is 28.8. The van der Waals surface area contributed by atoms with Gasteiger partial charge in [-0.2, -0.15) is 13.2 Å². The van der Waals surface area contributed by atoms with Crippen LogP contribution in [-0.4, -0.2) is 76.1 Å². The molecular formula is C24H24ClF3N10O4. The topological polar surface area (TPSA) is 167 Å². The molecule has 1 aliphatic carbocycles. The Morgan fingerprint density at radius 3 is 2.67 bits per heavy atom. The number of benzene rings is 1. The van der Waals surface area contributed by atoms with E-state index in [0.29, 0.717) is 41.3 Å². The minimum absolute atomic E-state index is 0.0923. The SMILES string of the molecule is C[C@@H](Cn1cnnn1)Oc1cc(-c2cnc(Nc3cn([C@H]4C[C@H](NC(=O)O)C4)nc3OCC(F)(F)F)nc2)ccc1Cl. The number of amides is 1. The standard InChI is InChI=1S/C24H24ClF3N10O4/c1-13(9-37-12-31-35-36-37)42-20-4-14(2-3-18(20)25)15-7-29-22(30-8-15)33-19-10-38(17-5-16(6-17)32-23(39)40)34-21(19)41-11-24(26,27)28/h2-4,7-8,10,12-13,16-17,32H,5-6,9,11H2,1H3,(H,39,40)(H,29,30,33)/t13-,16-,17-/m0/s1. The van der Waals surface area contributed by atoms with Crippen LogP contribution in [0, 0.1) is 0 Å². The van der Waals surface area contributed by atoms with Gasteiger partial charge in [-0.25, -0.2) is 19.4 Å². The molecule has 3 heterocycles. The summed E-state index contributed by atoms with van der Waals surface area (Å²) in [7, 11) is 0. The lowest BCUT2D eigenvalue weighted by Gasteiger charge is -2.34. The van der Waals surface area contributed by atoms with Crippen LogP contribution in [0.5, 0.6) is 11.6 Å². The van der Waals surface area contributed by atoms with E-state index in [1.165, 1.54) is 34.3 Å². The van der Waals surface area contributed by atoms with Gasteiger partial charge in [0.1, 0.15) is 23.9 Å². The molecule has 18 heteroatoms. The Balaban J connectivity index is 1.28. The van der Waals surface area contributed by atoms with Crippen LogP contribution in [0.25, 0.3) is 11.1 Å². The van der Waals surface area contributed by atoms with Crippen LogP contribution in [0.3, 0.4) is 0 Å². The Morgan fingerprint density at radius 1 is 1.24 bits per heavy atom. The molecule has 0 spiro atoms. The summed E-state index contributed by atoms with van der Waals surface area (Å²) in [5, 5.41) is 29.6.